The van der Waals surface area contributed by atoms with Crippen molar-refractivity contribution in [3.05, 3.63) is 12.3 Å². The fourth-order valence-electron chi connectivity index (χ4n) is 0.673. The number of hydrogen-bond acceptors (Lipinski definition) is 2. The van der Waals surface area contributed by atoms with Gasteiger partial charge < -0.3 is 4.74 Å². The van der Waals surface area contributed by atoms with E-state index in [2.05, 4.69) is 22.6 Å². The van der Waals surface area contributed by atoms with Gasteiger partial charge in [-0.2, -0.15) is 0 Å². The zero-order valence-corrected chi connectivity index (χ0v) is 7.00. The first kappa shape index (κ1) is 7.05. The third-order valence-electron chi connectivity index (χ3n) is 1.30. The number of carbonyl (C=O) groups excluding carboxylic acids is 1. The first-order chi connectivity index (χ1) is 4.33. The van der Waals surface area contributed by atoms with E-state index < -0.39 is 5.60 Å². The second-order valence-corrected chi connectivity index (χ2v) is 2.77. The summed E-state index contributed by atoms with van der Waals surface area (Å²) in [7, 11) is 0. The monoisotopic (exact) mass is 238 g/mol. The third kappa shape index (κ3) is 1.26. The summed E-state index contributed by atoms with van der Waals surface area (Å²) in [5.74, 6) is 0. The normalized spacial score (nSPS) is 32.1. The molecule has 1 rings (SSSR count). The molecule has 1 aliphatic heterocycles. The number of rotatable bonds is 2. The van der Waals surface area contributed by atoms with Crippen molar-refractivity contribution in [2.75, 3.05) is 4.43 Å². The van der Waals surface area contributed by atoms with Crippen LogP contribution in [0.1, 0.15) is 6.42 Å². The van der Waals surface area contributed by atoms with E-state index in [0.717, 1.165) is 17.1 Å². The quantitative estimate of drug-likeness (QED) is 0.411. The maximum atomic E-state index is 10.4. The molecule has 1 aliphatic rings. The summed E-state index contributed by atoms with van der Waals surface area (Å²) in [6, 6.07) is 0. The summed E-state index contributed by atoms with van der Waals surface area (Å²) in [5, 5.41) is 0. The number of halogens is 1. The Morgan fingerprint density at radius 1 is 1.89 bits per heavy atom. The van der Waals surface area contributed by atoms with Gasteiger partial charge >= 0.3 is 0 Å². The Morgan fingerprint density at radius 3 is 2.89 bits per heavy atom. The molecule has 1 unspecified atom stereocenters. The van der Waals surface area contributed by atoms with Crippen molar-refractivity contribution in [3.63, 3.8) is 0 Å². The van der Waals surface area contributed by atoms with Crippen LogP contribution < -0.4 is 0 Å². The van der Waals surface area contributed by atoms with Crippen molar-refractivity contribution in [2.24, 2.45) is 0 Å². The fraction of sp³-hybridized carbons (Fsp3) is 0.500. The van der Waals surface area contributed by atoms with Gasteiger partial charge in [-0.05, 0) is 6.08 Å². The summed E-state index contributed by atoms with van der Waals surface area (Å²) in [5.41, 5.74) is -0.527. The third-order valence-corrected chi connectivity index (χ3v) is 2.59. The van der Waals surface area contributed by atoms with Gasteiger partial charge in [-0.25, -0.2) is 0 Å². The van der Waals surface area contributed by atoms with E-state index in [9.17, 15) is 4.79 Å². The molecule has 0 fully saturated rings. The molecule has 0 saturated carbocycles. The largest absolute Gasteiger partial charge is 0.487 e. The summed E-state index contributed by atoms with van der Waals surface area (Å²) >= 11 is 2.15. The minimum Gasteiger partial charge on any atom is -0.487 e. The zero-order valence-electron chi connectivity index (χ0n) is 4.84. The van der Waals surface area contributed by atoms with Gasteiger partial charge in [0.2, 0.25) is 0 Å². The summed E-state index contributed by atoms with van der Waals surface area (Å²) in [4.78, 5) is 10.4. The van der Waals surface area contributed by atoms with Crippen LogP contribution in [0.4, 0.5) is 0 Å². The van der Waals surface area contributed by atoms with E-state index in [0.29, 0.717) is 0 Å². The molecule has 0 saturated heterocycles. The number of ether oxygens (including phenoxy) is 1. The van der Waals surface area contributed by atoms with Crippen LogP contribution in [-0.2, 0) is 9.53 Å². The van der Waals surface area contributed by atoms with Gasteiger partial charge in [-0.3, -0.25) is 4.79 Å². The second-order valence-electron chi connectivity index (χ2n) is 2.01. The molecular formula is C6H7IO2. The van der Waals surface area contributed by atoms with E-state index in [-0.39, 0.29) is 0 Å². The SMILES string of the molecule is O=CC1(CI)CC=CO1. The van der Waals surface area contributed by atoms with Crippen molar-refractivity contribution in [1.29, 1.82) is 0 Å². The van der Waals surface area contributed by atoms with Crippen molar-refractivity contribution >= 4 is 28.9 Å². The van der Waals surface area contributed by atoms with E-state index in [1.807, 2.05) is 6.08 Å². The van der Waals surface area contributed by atoms with Gasteiger partial charge in [-0.15, -0.1) is 0 Å². The molecule has 3 heteroatoms. The lowest BCUT2D eigenvalue weighted by Gasteiger charge is -2.17. The average molecular weight is 238 g/mol. The highest BCUT2D eigenvalue weighted by Crippen LogP contribution is 2.22. The summed E-state index contributed by atoms with van der Waals surface area (Å²) in [6.07, 6.45) is 5.05. The first-order valence-corrected chi connectivity index (χ1v) is 4.21. The smallest absolute Gasteiger partial charge is 0.175 e. The van der Waals surface area contributed by atoms with E-state index in [1.54, 1.807) is 6.26 Å². The van der Waals surface area contributed by atoms with Crippen LogP contribution in [0.5, 0.6) is 0 Å². The molecule has 0 aromatic carbocycles. The Kier molecular flexibility index (Phi) is 2.10. The molecule has 1 atom stereocenters. The molecule has 0 N–H and O–H groups in total. The van der Waals surface area contributed by atoms with E-state index in [4.69, 9.17) is 4.74 Å². The van der Waals surface area contributed by atoms with Crippen LogP contribution in [0.2, 0.25) is 0 Å². The Labute approximate surface area is 67.4 Å². The Morgan fingerprint density at radius 2 is 2.67 bits per heavy atom. The molecule has 0 radical (unpaired) electrons. The maximum Gasteiger partial charge on any atom is 0.175 e. The zero-order chi connectivity index (χ0) is 6.74. The number of aldehydes is 1. The van der Waals surface area contributed by atoms with Crippen molar-refractivity contribution in [1.82, 2.24) is 0 Å². The highest BCUT2D eigenvalue weighted by Gasteiger charge is 2.30. The standard InChI is InChI=1S/C6H7IO2/c7-4-6(5-8)2-1-3-9-6/h1,3,5H,2,4H2. The van der Waals surface area contributed by atoms with Gasteiger partial charge in [-0.1, -0.05) is 22.6 Å². The van der Waals surface area contributed by atoms with Crippen molar-refractivity contribution < 1.29 is 9.53 Å². The van der Waals surface area contributed by atoms with Gasteiger partial charge in [0, 0.05) is 10.8 Å². The van der Waals surface area contributed by atoms with Crippen molar-refractivity contribution in [2.45, 2.75) is 12.0 Å². The maximum absolute atomic E-state index is 10.4. The predicted octanol–water partition coefficient (Wildman–Crippen LogP) is 1.29. The molecule has 1 heterocycles. The molecule has 2 nitrogen and oxygen atoms in total. The van der Waals surface area contributed by atoms with E-state index in [1.165, 1.54) is 0 Å². The van der Waals surface area contributed by atoms with Gasteiger partial charge in [0.25, 0.3) is 0 Å². The van der Waals surface area contributed by atoms with Crippen LogP contribution in [-0.4, -0.2) is 16.3 Å². The van der Waals surface area contributed by atoms with Crippen LogP contribution in [0.15, 0.2) is 12.3 Å². The number of carbonyl (C=O) groups is 1. The molecule has 9 heavy (non-hydrogen) atoms. The lowest BCUT2D eigenvalue weighted by atomic mass is 10.1. The lowest BCUT2D eigenvalue weighted by molar-refractivity contribution is -0.120. The van der Waals surface area contributed by atoms with Crippen LogP contribution in [0.25, 0.3) is 0 Å². The topological polar surface area (TPSA) is 26.3 Å². The predicted molar refractivity (Wildman–Crippen MR) is 42.5 cm³/mol. The molecule has 0 aromatic heterocycles. The highest BCUT2D eigenvalue weighted by molar-refractivity contribution is 14.1. The second kappa shape index (κ2) is 2.68. The molecule has 50 valence electrons. The average Bonchev–Trinajstić information content (AvgIpc) is 2.36. The molecular weight excluding hydrogens is 231 g/mol. The molecule has 0 aliphatic carbocycles. The lowest BCUT2D eigenvalue weighted by Crippen LogP contribution is -2.31. The number of hydrogen-bond donors (Lipinski definition) is 0. The fourth-order valence-corrected chi connectivity index (χ4v) is 1.34. The van der Waals surface area contributed by atoms with Crippen LogP contribution >= 0.6 is 22.6 Å². The minimum atomic E-state index is -0.527. The number of alkyl halides is 1. The molecule has 0 spiro atoms. The van der Waals surface area contributed by atoms with Gasteiger partial charge in [0.05, 0.1) is 6.26 Å². The summed E-state index contributed by atoms with van der Waals surface area (Å²) < 4.78 is 5.81. The van der Waals surface area contributed by atoms with Gasteiger partial charge in [0.15, 0.2) is 11.9 Å². The summed E-state index contributed by atoms with van der Waals surface area (Å²) in [6.45, 7) is 0. The minimum absolute atomic E-state index is 0.527. The molecule has 0 aromatic rings. The van der Waals surface area contributed by atoms with Crippen LogP contribution in [0, 0.1) is 0 Å². The van der Waals surface area contributed by atoms with Gasteiger partial charge in [0.1, 0.15) is 0 Å². The first-order valence-electron chi connectivity index (χ1n) is 2.68. The Balaban J connectivity index is 2.60. The van der Waals surface area contributed by atoms with E-state index >= 15 is 0 Å². The molecule has 0 amide bonds. The Hall–Kier alpha value is -0.0600. The van der Waals surface area contributed by atoms with Crippen LogP contribution in [0.3, 0.4) is 0 Å². The highest BCUT2D eigenvalue weighted by atomic mass is 127. The Bertz CT molecular complexity index is 134. The van der Waals surface area contributed by atoms with Crippen molar-refractivity contribution in [3.8, 4) is 0 Å². The molecule has 0 bridgehead atoms.